The van der Waals surface area contributed by atoms with Crippen molar-refractivity contribution in [3.05, 3.63) is 15.8 Å². The van der Waals surface area contributed by atoms with Crippen LogP contribution in [-0.2, 0) is 16.6 Å². The predicted molar refractivity (Wildman–Crippen MR) is 69.5 cm³/mol. The molecule has 0 unspecified atom stereocenters. The van der Waals surface area contributed by atoms with Crippen molar-refractivity contribution >= 4 is 21.4 Å². The minimum absolute atomic E-state index is 0.167. The second-order valence-electron chi connectivity index (χ2n) is 5.01. The molecular weight excluding hydrogens is 256 g/mol. The third kappa shape index (κ3) is 2.70. The first kappa shape index (κ1) is 13.0. The van der Waals surface area contributed by atoms with Crippen LogP contribution in [0.5, 0.6) is 0 Å². The van der Waals surface area contributed by atoms with E-state index < -0.39 is 10.0 Å². The Kier molecular flexibility index (Phi) is 3.33. The van der Waals surface area contributed by atoms with Gasteiger partial charge < -0.3 is 5.73 Å². The standard InChI is InChI=1S/C11H18N2O2S2/c1-8-6-16-9(5-12)10(8)17(14,15)13-7-11(2)3-4-11/h6,13H,3-5,7,12H2,1-2H3. The molecule has 2 rings (SSSR count). The first-order valence-corrected chi connectivity index (χ1v) is 8.01. The molecule has 1 aliphatic rings. The summed E-state index contributed by atoms with van der Waals surface area (Å²) in [5.74, 6) is 0. The largest absolute Gasteiger partial charge is 0.326 e. The van der Waals surface area contributed by atoms with E-state index >= 15 is 0 Å². The molecule has 1 aromatic heterocycles. The monoisotopic (exact) mass is 274 g/mol. The molecule has 17 heavy (non-hydrogen) atoms. The van der Waals surface area contributed by atoms with Gasteiger partial charge in [0.05, 0.1) is 0 Å². The van der Waals surface area contributed by atoms with Gasteiger partial charge in [0, 0.05) is 18.0 Å². The van der Waals surface area contributed by atoms with Crippen molar-refractivity contribution in [3.8, 4) is 0 Å². The zero-order chi connectivity index (χ0) is 12.7. The molecule has 0 radical (unpaired) electrons. The molecule has 1 aliphatic carbocycles. The van der Waals surface area contributed by atoms with Crippen LogP contribution >= 0.6 is 11.3 Å². The molecule has 0 amide bonds. The Hall–Kier alpha value is -0.430. The summed E-state index contributed by atoms with van der Waals surface area (Å²) >= 11 is 1.41. The van der Waals surface area contributed by atoms with E-state index in [1.165, 1.54) is 11.3 Å². The van der Waals surface area contributed by atoms with Crippen LogP contribution in [0.1, 0.15) is 30.2 Å². The average molecular weight is 274 g/mol. The predicted octanol–water partition coefficient (Wildman–Crippen LogP) is 1.59. The molecule has 6 heteroatoms. The lowest BCUT2D eigenvalue weighted by Crippen LogP contribution is -2.30. The van der Waals surface area contributed by atoms with Gasteiger partial charge in [-0.2, -0.15) is 0 Å². The van der Waals surface area contributed by atoms with Crippen molar-refractivity contribution in [2.45, 2.75) is 38.1 Å². The summed E-state index contributed by atoms with van der Waals surface area (Å²) in [6.45, 7) is 4.70. The summed E-state index contributed by atoms with van der Waals surface area (Å²) in [6.07, 6.45) is 2.20. The Morgan fingerprint density at radius 2 is 2.18 bits per heavy atom. The van der Waals surface area contributed by atoms with Gasteiger partial charge >= 0.3 is 0 Å². The van der Waals surface area contributed by atoms with Gasteiger partial charge in [-0.25, -0.2) is 13.1 Å². The Labute approximate surface area is 106 Å². The van der Waals surface area contributed by atoms with Crippen LogP contribution in [0.3, 0.4) is 0 Å². The highest BCUT2D eigenvalue weighted by Gasteiger charge is 2.38. The van der Waals surface area contributed by atoms with Gasteiger partial charge in [0.15, 0.2) is 0 Å². The molecule has 0 aliphatic heterocycles. The molecule has 0 aromatic carbocycles. The highest BCUT2D eigenvalue weighted by molar-refractivity contribution is 7.89. The maximum atomic E-state index is 12.2. The average Bonchev–Trinajstić information content (AvgIpc) is 2.87. The summed E-state index contributed by atoms with van der Waals surface area (Å²) in [5.41, 5.74) is 6.52. The van der Waals surface area contributed by atoms with E-state index in [9.17, 15) is 8.42 Å². The second-order valence-corrected chi connectivity index (χ2v) is 7.68. The zero-order valence-corrected chi connectivity index (χ0v) is 11.7. The Balaban J connectivity index is 2.21. The van der Waals surface area contributed by atoms with Crippen molar-refractivity contribution < 1.29 is 8.42 Å². The molecule has 0 spiro atoms. The van der Waals surface area contributed by atoms with Crippen molar-refractivity contribution in [1.82, 2.24) is 4.72 Å². The summed E-state index contributed by atoms with van der Waals surface area (Å²) in [6, 6.07) is 0. The lowest BCUT2D eigenvalue weighted by atomic mass is 10.2. The highest BCUT2D eigenvalue weighted by Crippen LogP contribution is 2.44. The second kappa shape index (κ2) is 4.35. The van der Waals surface area contributed by atoms with Gasteiger partial charge in [-0.15, -0.1) is 11.3 Å². The first-order valence-electron chi connectivity index (χ1n) is 5.65. The van der Waals surface area contributed by atoms with Crippen LogP contribution in [0.25, 0.3) is 0 Å². The van der Waals surface area contributed by atoms with Gasteiger partial charge in [0.25, 0.3) is 0 Å². The third-order valence-corrected chi connectivity index (χ3v) is 6.12. The van der Waals surface area contributed by atoms with E-state index in [-0.39, 0.29) is 12.0 Å². The molecule has 0 atom stereocenters. The maximum absolute atomic E-state index is 12.2. The van der Waals surface area contributed by atoms with Gasteiger partial charge in [0.2, 0.25) is 10.0 Å². The van der Waals surface area contributed by atoms with Crippen LogP contribution in [0.2, 0.25) is 0 Å². The number of nitrogens with two attached hydrogens (primary N) is 1. The topological polar surface area (TPSA) is 72.2 Å². The number of nitrogens with one attached hydrogen (secondary N) is 1. The fraction of sp³-hybridized carbons (Fsp3) is 0.636. The van der Waals surface area contributed by atoms with Crippen molar-refractivity contribution in [2.75, 3.05) is 6.54 Å². The fourth-order valence-electron chi connectivity index (χ4n) is 1.72. The summed E-state index contributed by atoms with van der Waals surface area (Å²) in [4.78, 5) is 1.12. The van der Waals surface area contributed by atoms with E-state index in [2.05, 4.69) is 11.6 Å². The Morgan fingerprint density at radius 3 is 2.71 bits per heavy atom. The van der Waals surface area contributed by atoms with Crippen LogP contribution in [-0.4, -0.2) is 15.0 Å². The van der Waals surface area contributed by atoms with Crippen molar-refractivity contribution in [2.24, 2.45) is 11.1 Å². The lowest BCUT2D eigenvalue weighted by molar-refractivity contribution is 0.530. The van der Waals surface area contributed by atoms with Crippen LogP contribution in [0.15, 0.2) is 10.3 Å². The molecule has 1 heterocycles. The third-order valence-electron chi connectivity index (χ3n) is 3.24. The molecule has 0 bridgehead atoms. The van der Waals surface area contributed by atoms with E-state index in [0.29, 0.717) is 11.4 Å². The quantitative estimate of drug-likeness (QED) is 0.856. The molecule has 0 saturated heterocycles. The maximum Gasteiger partial charge on any atom is 0.242 e. The molecular formula is C11H18N2O2S2. The van der Waals surface area contributed by atoms with E-state index in [1.54, 1.807) is 0 Å². The van der Waals surface area contributed by atoms with E-state index in [0.717, 1.165) is 23.3 Å². The number of hydrogen-bond donors (Lipinski definition) is 2. The summed E-state index contributed by atoms with van der Waals surface area (Å²) < 4.78 is 27.1. The number of aryl methyl sites for hydroxylation is 1. The SMILES string of the molecule is Cc1csc(CN)c1S(=O)(=O)NCC1(C)CC1. The van der Waals surface area contributed by atoms with Gasteiger partial charge in [-0.05, 0) is 36.1 Å². The molecule has 96 valence electrons. The number of rotatable bonds is 5. The number of sulfonamides is 1. The van der Waals surface area contributed by atoms with Gasteiger partial charge in [0.1, 0.15) is 4.90 Å². The van der Waals surface area contributed by atoms with E-state index in [1.807, 2.05) is 12.3 Å². The van der Waals surface area contributed by atoms with Crippen molar-refractivity contribution in [1.29, 1.82) is 0 Å². The zero-order valence-electron chi connectivity index (χ0n) is 10.1. The Bertz CT molecular complexity index is 516. The van der Waals surface area contributed by atoms with Crippen molar-refractivity contribution in [3.63, 3.8) is 0 Å². The van der Waals surface area contributed by atoms with Crippen LogP contribution in [0.4, 0.5) is 0 Å². The molecule has 1 saturated carbocycles. The van der Waals surface area contributed by atoms with Gasteiger partial charge in [-0.3, -0.25) is 0 Å². The number of thiophene rings is 1. The summed E-state index contributed by atoms with van der Waals surface area (Å²) in [7, 11) is -3.40. The van der Waals surface area contributed by atoms with Gasteiger partial charge in [-0.1, -0.05) is 6.92 Å². The minimum atomic E-state index is -3.40. The molecule has 4 nitrogen and oxygen atoms in total. The minimum Gasteiger partial charge on any atom is -0.326 e. The molecule has 1 fully saturated rings. The Morgan fingerprint density at radius 1 is 1.53 bits per heavy atom. The lowest BCUT2D eigenvalue weighted by Gasteiger charge is -2.11. The smallest absolute Gasteiger partial charge is 0.242 e. The first-order chi connectivity index (χ1) is 7.88. The van der Waals surface area contributed by atoms with Crippen LogP contribution in [0, 0.1) is 12.3 Å². The summed E-state index contributed by atoms with van der Waals surface area (Å²) in [5, 5.41) is 1.84. The normalized spacial score (nSPS) is 18.3. The van der Waals surface area contributed by atoms with Crippen LogP contribution < -0.4 is 10.5 Å². The fourth-order valence-corrected chi connectivity index (χ4v) is 4.62. The van der Waals surface area contributed by atoms with E-state index in [4.69, 9.17) is 5.73 Å². The number of hydrogen-bond acceptors (Lipinski definition) is 4. The molecule has 1 aromatic rings. The highest BCUT2D eigenvalue weighted by atomic mass is 32.2. The molecule has 3 N–H and O–H groups in total.